The van der Waals surface area contributed by atoms with E-state index in [4.69, 9.17) is 4.74 Å². The summed E-state index contributed by atoms with van der Waals surface area (Å²) in [5.41, 5.74) is 16.6. The molecule has 0 fully saturated rings. The Bertz CT molecular complexity index is 1820. The summed E-state index contributed by atoms with van der Waals surface area (Å²) in [5, 5.41) is 1.58. The average molecular weight is 610 g/mol. The van der Waals surface area contributed by atoms with Crippen molar-refractivity contribution in [2.45, 2.75) is 91.1 Å². The fourth-order valence-corrected chi connectivity index (χ4v) is 9.65. The number of ether oxygens (including phenoxy) is 1. The summed E-state index contributed by atoms with van der Waals surface area (Å²) in [6, 6.07) is 29.7. The molecule has 6 rings (SSSR count). The van der Waals surface area contributed by atoms with Crippen molar-refractivity contribution in [3.63, 3.8) is 0 Å². The highest BCUT2D eigenvalue weighted by Gasteiger charge is 2.43. The molecule has 2 aliphatic carbocycles. The molecule has 45 heavy (non-hydrogen) atoms. The average Bonchev–Trinajstić information content (AvgIpc) is 3.47. The largest absolute Gasteiger partial charge is 0.496 e. The molecule has 4 aromatic carbocycles. The molecule has 1 nitrogen and oxygen atoms in total. The van der Waals surface area contributed by atoms with Gasteiger partial charge in [-0.25, -0.2) is 0 Å². The highest BCUT2D eigenvalue weighted by atomic mass is 28.3. The maximum absolute atomic E-state index is 6.36. The molecule has 0 saturated heterocycles. The van der Waals surface area contributed by atoms with Crippen molar-refractivity contribution in [1.29, 1.82) is 0 Å². The molecule has 0 aliphatic heterocycles. The van der Waals surface area contributed by atoms with E-state index < -0.39 is 8.80 Å². The summed E-state index contributed by atoms with van der Waals surface area (Å²) in [5.74, 6) is 1.62. The van der Waals surface area contributed by atoms with E-state index in [2.05, 4.69) is 153 Å². The van der Waals surface area contributed by atoms with Crippen molar-refractivity contribution < 1.29 is 4.74 Å². The summed E-state index contributed by atoms with van der Waals surface area (Å²) in [6.07, 6.45) is 2.48. The molecule has 2 atom stereocenters. The maximum Gasteiger partial charge on any atom is 0.131 e. The van der Waals surface area contributed by atoms with Crippen LogP contribution >= 0.6 is 0 Å². The molecular formula is C43H49OSi. The Kier molecular flexibility index (Phi) is 7.89. The molecule has 0 heterocycles. The third-order valence-corrected chi connectivity index (χ3v) is 11.7. The number of hydrogen-bond donors (Lipinski definition) is 0. The van der Waals surface area contributed by atoms with Gasteiger partial charge in [-0.05, 0) is 69.2 Å². The molecular weight excluding hydrogens is 561 g/mol. The first kappa shape index (κ1) is 31.4. The molecule has 0 amide bonds. The van der Waals surface area contributed by atoms with Crippen molar-refractivity contribution in [2.24, 2.45) is 0 Å². The van der Waals surface area contributed by atoms with Gasteiger partial charge in [-0.3, -0.25) is 0 Å². The zero-order valence-electron chi connectivity index (χ0n) is 29.1. The van der Waals surface area contributed by atoms with Gasteiger partial charge >= 0.3 is 0 Å². The van der Waals surface area contributed by atoms with E-state index in [0.717, 1.165) is 5.75 Å². The second-order valence-electron chi connectivity index (χ2n) is 15.5. The smallest absolute Gasteiger partial charge is 0.131 e. The third-order valence-electron chi connectivity index (χ3n) is 10.1. The Morgan fingerprint density at radius 1 is 0.667 bits per heavy atom. The lowest BCUT2D eigenvalue weighted by atomic mass is 9.74. The number of allylic oxidation sites excluding steroid dienone is 2. The zero-order chi connectivity index (χ0) is 32.4. The molecule has 0 spiro atoms. The fraction of sp³-hybridized carbons (Fsp3) is 0.349. The molecule has 0 N–H and O–H groups in total. The lowest BCUT2D eigenvalue weighted by Gasteiger charge is -2.30. The standard InChI is InChI=1S/C43H49OSi/c1-26-24-33-31(28-20-22-30(23-21-28)42(3,4)5)18-15-19-32(33)36(26)37-27(2)41(45(10)11)39-34(37)25-35(43(6,7)8)40(44-9)38(39)29-16-13-12-14-17-29/h12-25,36-37H,1-11H3. The quantitative estimate of drug-likeness (QED) is 0.205. The predicted octanol–water partition coefficient (Wildman–Crippen LogP) is 12.0. The topological polar surface area (TPSA) is 9.23 Å². The van der Waals surface area contributed by atoms with Crippen LogP contribution in [0.1, 0.15) is 101 Å². The van der Waals surface area contributed by atoms with Crippen LogP contribution in [0.2, 0.25) is 13.1 Å². The molecule has 4 aromatic rings. The van der Waals surface area contributed by atoms with Crippen LogP contribution < -0.4 is 4.74 Å². The van der Waals surface area contributed by atoms with Gasteiger partial charge in [0.25, 0.3) is 0 Å². The van der Waals surface area contributed by atoms with Crippen LogP contribution in [-0.4, -0.2) is 15.9 Å². The molecule has 231 valence electrons. The molecule has 0 saturated carbocycles. The molecule has 0 aromatic heterocycles. The monoisotopic (exact) mass is 609 g/mol. The summed E-state index contributed by atoms with van der Waals surface area (Å²) in [7, 11) is 1.06. The second kappa shape index (κ2) is 11.3. The Balaban J connectivity index is 1.59. The van der Waals surface area contributed by atoms with Crippen LogP contribution in [0, 0.1) is 0 Å². The van der Waals surface area contributed by atoms with Crippen LogP contribution in [0.3, 0.4) is 0 Å². The first-order chi connectivity index (χ1) is 21.2. The number of benzene rings is 4. The first-order valence-electron chi connectivity index (χ1n) is 16.5. The van der Waals surface area contributed by atoms with Crippen LogP contribution in [0.25, 0.3) is 33.5 Å². The number of methoxy groups -OCH3 is 1. The predicted molar refractivity (Wildman–Crippen MR) is 197 cm³/mol. The summed E-state index contributed by atoms with van der Waals surface area (Å²) in [6.45, 7) is 23.5. The SMILES string of the molecule is COc1c(C(C)(C)C)cc2c(c1-c1ccccc1)C([Si](C)C)=C(C)C2C1C(C)=Cc2c(-c3ccc(C(C)(C)C)cc3)cccc21. The highest BCUT2D eigenvalue weighted by Crippen LogP contribution is 2.59. The van der Waals surface area contributed by atoms with Gasteiger partial charge in [-0.2, -0.15) is 0 Å². The lowest BCUT2D eigenvalue weighted by Crippen LogP contribution is -2.17. The number of hydrogen-bond acceptors (Lipinski definition) is 1. The number of fused-ring (bicyclic) bond motifs is 2. The zero-order valence-corrected chi connectivity index (χ0v) is 30.1. The minimum atomic E-state index is -0.791. The fourth-order valence-electron chi connectivity index (χ4n) is 7.93. The van der Waals surface area contributed by atoms with Gasteiger partial charge in [-0.15, -0.1) is 0 Å². The van der Waals surface area contributed by atoms with Crippen LogP contribution in [0.15, 0.2) is 90.0 Å². The highest BCUT2D eigenvalue weighted by molar-refractivity contribution is 6.77. The first-order valence-corrected chi connectivity index (χ1v) is 19.0. The van der Waals surface area contributed by atoms with E-state index in [1.807, 2.05) is 7.11 Å². The van der Waals surface area contributed by atoms with Gasteiger partial charge < -0.3 is 4.74 Å². The second-order valence-corrected chi connectivity index (χ2v) is 18.0. The minimum absolute atomic E-state index is 0.0673. The molecule has 2 aliphatic rings. The van der Waals surface area contributed by atoms with Gasteiger partial charge in [0.15, 0.2) is 0 Å². The van der Waals surface area contributed by atoms with E-state index in [0.29, 0.717) is 11.8 Å². The normalized spacial score (nSPS) is 17.9. The van der Waals surface area contributed by atoms with Gasteiger partial charge in [0.2, 0.25) is 0 Å². The van der Waals surface area contributed by atoms with Gasteiger partial charge in [0.1, 0.15) is 5.75 Å². The Labute approximate surface area is 273 Å². The summed E-state index contributed by atoms with van der Waals surface area (Å²) < 4.78 is 6.36. The van der Waals surface area contributed by atoms with Crippen LogP contribution in [0.5, 0.6) is 5.75 Å². The van der Waals surface area contributed by atoms with Gasteiger partial charge in [-0.1, -0.05) is 156 Å². The third kappa shape index (κ3) is 5.26. The van der Waals surface area contributed by atoms with E-state index in [9.17, 15) is 0 Å². The van der Waals surface area contributed by atoms with Crippen LogP contribution in [0.4, 0.5) is 0 Å². The molecule has 0 bridgehead atoms. The van der Waals surface area contributed by atoms with E-state index in [1.165, 1.54) is 61.2 Å². The summed E-state index contributed by atoms with van der Waals surface area (Å²) >= 11 is 0. The van der Waals surface area contributed by atoms with E-state index in [-0.39, 0.29) is 10.8 Å². The number of rotatable bonds is 5. The van der Waals surface area contributed by atoms with E-state index >= 15 is 0 Å². The molecule has 2 heteroatoms. The molecule has 1 radical (unpaired) electrons. The van der Waals surface area contributed by atoms with Gasteiger partial charge in [0.05, 0.1) is 15.9 Å². The Morgan fingerprint density at radius 2 is 1.33 bits per heavy atom. The minimum Gasteiger partial charge on any atom is -0.496 e. The van der Waals surface area contributed by atoms with Crippen molar-refractivity contribution in [1.82, 2.24) is 0 Å². The van der Waals surface area contributed by atoms with Crippen molar-refractivity contribution in [3.05, 3.63) is 123 Å². The van der Waals surface area contributed by atoms with Crippen molar-refractivity contribution >= 4 is 20.1 Å². The Hall–Kier alpha value is -3.62. The summed E-state index contributed by atoms with van der Waals surface area (Å²) in [4.78, 5) is 0. The molecule has 2 unspecified atom stereocenters. The van der Waals surface area contributed by atoms with E-state index in [1.54, 1.807) is 10.8 Å². The maximum atomic E-state index is 6.36. The lowest BCUT2D eigenvalue weighted by molar-refractivity contribution is 0.399. The van der Waals surface area contributed by atoms with Gasteiger partial charge in [0, 0.05) is 23.0 Å². The Morgan fingerprint density at radius 3 is 1.91 bits per heavy atom. The van der Waals surface area contributed by atoms with Crippen molar-refractivity contribution in [2.75, 3.05) is 7.11 Å². The van der Waals surface area contributed by atoms with Crippen LogP contribution in [-0.2, 0) is 10.8 Å². The van der Waals surface area contributed by atoms with Crippen molar-refractivity contribution in [3.8, 4) is 28.0 Å².